The van der Waals surface area contributed by atoms with Gasteiger partial charge in [0.25, 0.3) is 0 Å². The van der Waals surface area contributed by atoms with Crippen LogP contribution in [-0.2, 0) is 6.42 Å². The fourth-order valence-corrected chi connectivity index (χ4v) is 5.81. The van der Waals surface area contributed by atoms with Crippen molar-refractivity contribution in [3.05, 3.63) is 83.3 Å². The number of phenols is 1. The van der Waals surface area contributed by atoms with Crippen LogP contribution in [0.3, 0.4) is 0 Å². The lowest BCUT2D eigenvalue weighted by Crippen LogP contribution is -2.45. The standard InChI is InChI=1S/C33H42N4O2/c1-4-24-19-29(38)13-14-31(24)39-21-27(25-11-12-25)20-34-28-15-17-37(18-16-28)33-32(23(3)35-22-36-33)30(5-2)26-9-7-6-8-10-26/h5-10,13-14,19,22,25,27-28,34,38H,4,11-12,15-18,20-21H2,1-3H3/b30-5-. The normalized spacial score (nSPS) is 17.3. The van der Waals surface area contributed by atoms with E-state index < -0.39 is 0 Å². The SMILES string of the molecule is C/C=C(/c1ccccc1)c1c(C)ncnc1N1CCC(NCC(COc2ccc(O)cc2CC)C2CC2)CC1. The van der Waals surface area contributed by atoms with Crippen molar-refractivity contribution < 1.29 is 9.84 Å². The molecule has 1 aromatic heterocycles. The lowest BCUT2D eigenvalue weighted by molar-refractivity contribution is 0.217. The van der Waals surface area contributed by atoms with Gasteiger partial charge in [0, 0.05) is 37.2 Å². The summed E-state index contributed by atoms with van der Waals surface area (Å²) in [7, 11) is 0. The van der Waals surface area contributed by atoms with E-state index in [1.165, 1.54) is 24.0 Å². The number of ether oxygens (including phenoxy) is 1. The Kier molecular flexibility index (Phi) is 8.82. The van der Waals surface area contributed by atoms with E-state index in [0.29, 0.717) is 17.7 Å². The maximum atomic E-state index is 9.81. The zero-order chi connectivity index (χ0) is 27.2. The molecule has 0 amide bonds. The van der Waals surface area contributed by atoms with Gasteiger partial charge in [-0.05, 0) is 86.8 Å². The average Bonchev–Trinajstić information content (AvgIpc) is 3.81. The van der Waals surface area contributed by atoms with E-state index in [9.17, 15) is 5.11 Å². The molecule has 1 saturated carbocycles. The summed E-state index contributed by atoms with van der Waals surface area (Å²) >= 11 is 0. The van der Waals surface area contributed by atoms with E-state index in [0.717, 1.165) is 79.8 Å². The smallest absolute Gasteiger partial charge is 0.140 e. The average molecular weight is 527 g/mol. The van der Waals surface area contributed by atoms with Crippen LogP contribution >= 0.6 is 0 Å². The highest BCUT2D eigenvalue weighted by atomic mass is 16.5. The summed E-state index contributed by atoms with van der Waals surface area (Å²) in [4.78, 5) is 11.8. The Hall–Kier alpha value is -3.38. The van der Waals surface area contributed by atoms with Gasteiger partial charge in [-0.3, -0.25) is 0 Å². The second kappa shape index (κ2) is 12.6. The van der Waals surface area contributed by atoms with E-state index >= 15 is 0 Å². The Bertz CT molecular complexity index is 1260. The van der Waals surface area contributed by atoms with Crippen molar-refractivity contribution in [2.24, 2.45) is 11.8 Å². The first kappa shape index (κ1) is 27.2. The number of nitrogens with zero attached hydrogens (tertiary/aromatic N) is 3. The van der Waals surface area contributed by atoms with E-state index in [4.69, 9.17) is 9.72 Å². The Morgan fingerprint density at radius 1 is 1.10 bits per heavy atom. The molecule has 6 heteroatoms. The molecule has 6 nitrogen and oxygen atoms in total. The maximum Gasteiger partial charge on any atom is 0.140 e. The fraction of sp³-hybridized carbons (Fsp3) is 0.455. The minimum Gasteiger partial charge on any atom is -0.508 e. The van der Waals surface area contributed by atoms with Crippen LogP contribution in [0, 0.1) is 18.8 Å². The van der Waals surface area contributed by atoms with Crippen LogP contribution in [0.2, 0.25) is 0 Å². The van der Waals surface area contributed by atoms with E-state index in [1.807, 2.05) is 12.1 Å². The molecule has 39 heavy (non-hydrogen) atoms. The fourth-order valence-electron chi connectivity index (χ4n) is 5.81. The van der Waals surface area contributed by atoms with E-state index in [2.05, 4.69) is 72.4 Å². The first-order chi connectivity index (χ1) is 19.1. The molecule has 2 aliphatic rings. The van der Waals surface area contributed by atoms with Crippen LogP contribution in [0.15, 0.2) is 60.9 Å². The minimum atomic E-state index is 0.303. The van der Waals surface area contributed by atoms with Crippen LogP contribution < -0.4 is 15.0 Å². The van der Waals surface area contributed by atoms with Crippen LogP contribution in [0.1, 0.15) is 61.9 Å². The van der Waals surface area contributed by atoms with Crippen molar-refractivity contribution in [2.45, 2.75) is 58.9 Å². The highest BCUT2D eigenvalue weighted by molar-refractivity contribution is 5.86. The number of hydrogen-bond acceptors (Lipinski definition) is 6. The molecule has 5 rings (SSSR count). The minimum absolute atomic E-state index is 0.303. The molecule has 1 aliphatic carbocycles. The Morgan fingerprint density at radius 2 is 1.87 bits per heavy atom. The van der Waals surface area contributed by atoms with Crippen LogP contribution in [0.5, 0.6) is 11.5 Å². The van der Waals surface area contributed by atoms with Gasteiger partial charge in [0.1, 0.15) is 23.6 Å². The summed E-state index contributed by atoms with van der Waals surface area (Å²) < 4.78 is 6.28. The lowest BCUT2D eigenvalue weighted by Gasteiger charge is -2.35. The molecule has 0 spiro atoms. The third kappa shape index (κ3) is 6.62. The van der Waals surface area contributed by atoms with E-state index in [-0.39, 0.29) is 0 Å². The Balaban J connectivity index is 1.19. The van der Waals surface area contributed by atoms with Gasteiger partial charge >= 0.3 is 0 Å². The summed E-state index contributed by atoms with van der Waals surface area (Å²) in [6.07, 6.45) is 9.52. The molecule has 3 aromatic rings. The molecule has 2 aromatic carbocycles. The predicted octanol–water partition coefficient (Wildman–Crippen LogP) is 6.17. The van der Waals surface area contributed by atoms with Crippen LogP contribution in [0.4, 0.5) is 5.82 Å². The van der Waals surface area contributed by atoms with Crippen molar-refractivity contribution in [2.75, 3.05) is 31.1 Å². The number of piperidine rings is 1. The summed E-state index contributed by atoms with van der Waals surface area (Å²) in [6, 6.07) is 16.5. The van der Waals surface area contributed by atoms with Gasteiger partial charge in [-0.1, -0.05) is 43.3 Å². The molecule has 0 radical (unpaired) electrons. The summed E-state index contributed by atoms with van der Waals surface area (Å²) in [6.45, 7) is 9.95. The number of aromatic hydroxyl groups is 1. The Labute approximate surface area is 233 Å². The number of rotatable bonds is 11. The van der Waals surface area contributed by atoms with Crippen molar-refractivity contribution in [1.82, 2.24) is 15.3 Å². The molecule has 1 unspecified atom stereocenters. The monoisotopic (exact) mass is 526 g/mol. The van der Waals surface area contributed by atoms with Gasteiger partial charge < -0.3 is 20.1 Å². The van der Waals surface area contributed by atoms with Gasteiger partial charge in [-0.25, -0.2) is 9.97 Å². The molecular formula is C33H42N4O2. The predicted molar refractivity (Wildman–Crippen MR) is 158 cm³/mol. The Morgan fingerprint density at radius 3 is 2.56 bits per heavy atom. The number of aryl methyl sites for hydroxylation is 2. The maximum absolute atomic E-state index is 9.81. The number of anilines is 1. The van der Waals surface area contributed by atoms with Gasteiger partial charge in [0.2, 0.25) is 0 Å². The second-order valence-corrected chi connectivity index (χ2v) is 10.9. The summed E-state index contributed by atoms with van der Waals surface area (Å²) in [5.74, 6) is 3.52. The highest BCUT2D eigenvalue weighted by Crippen LogP contribution is 2.38. The van der Waals surface area contributed by atoms with Crippen molar-refractivity contribution in [3.63, 3.8) is 0 Å². The van der Waals surface area contributed by atoms with Crippen molar-refractivity contribution >= 4 is 11.4 Å². The topological polar surface area (TPSA) is 70.5 Å². The summed E-state index contributed by atoms with van der Waals surface area (Å²) in [5.41, 5.74) is 5.62. The molecule has 0 bridgehead atoms. The zero-order valence-corrected chi connectivity index (χ0v) is 23.6. The van der Waals surface area contributed by atoms with E-state index in [1.54, 1.807) is 12.4 Å². The first-order valence-corrected chi connectivity index (χ1v) is 14.5. The molecule has 2 heterocycles. The number of benzene rings is 2. The summed E-state index contributed by atoms with van der Waals surface area (Å²) in [5, 5.41) is 13.7. The third-order valence-corrected chi connectivity index (χ3v) is 8.29. The lowest BCUT2D eigenvalue weighted by atomic mass is 9.95. The van der Waals surface area contributed by atoms with Crippen LogP contribution in [0.25, 0.3) is 5.57 Å². The zero-order valence-electron chi connectivity index (χ0n) is 23.6. The first-order valence-electron chi connectivity index (χ1n) is 14.5. The van der Waals surface area contributed by atoms with Crippen molar-refractivity contribution in [1.29, 1.82) is 0 Å². The van der Waals surface area contributed by atoms with Crippen LogP contribution in [-0.4, -0.2) is 47.4 Å². The molecule has 2 fully saturated rings. The molecule has 1 saturated heterocycles. The second-order valence-electron chi connectivity index (χ2n) is 10.9. The third-order valence-electron chi connectivity index (χ3n) is 8.29. The van der Waals surface area contributed by atoms with Crippen molar-refractivity contribution in [3.8, 4) is 11.5 Å². The number of aromatic nitrogens is 2. The molecule has 206 valence electrons. The number of phenolic OH excluding ortho intramolecular Hbond substituents is 1. The van der Waals surface area contributed by atoms with Gasteiger partial charge in [0.05, 0.1) is 12.3 Å². The molecular weight excluding hydrogens is 484 g/mol. The van der Waals surface area contributed by atoms with Gasteiger partial charge in [0.15, 0.2) is 0 Å². The van der Waals surface area contributed by atoms with Gasteiger partial charge in [-0.2, -0.15) is 0 Å². The molecule has 1 atom stereocenters. The van der Waals surface area contributed by atoms with Gasteiger partial charge in [-0.15, -0.1) is 0 Å². The number of allylic oxidation sites excluding steroid dienone is 1. The number of nitrogens with one attached hydrogen (secondary N) is 1. The molecule has 1 aliphatic heterocycles. The largest absolute Gasteiger partial charge is 0.508 e. The number of hydrogen-bond donors (Lipinski definition) is 2. The quantitative estimate of drug-likeness (QED) is 0.311. The highest BCUT2D eigenvalue weighted by Gasteiger charge is 2.33. The molecule has 2 N–H and O–H groups in total.